The number of nitrogens with zero attached hydrogens (tertiary/aromatic N) is 5. The molecule has 2 fully saturated rings. The maximum Gasteiger partial charge on any atom is 0.265 e. The SMILES string of the molecule is Cc1nc(-c2ncccn2)sc1C(=O)N1C[C@@H]2[C@H](C1)[C@@H]2Oc1cc(C(C)(C)N)cc(Cc2ccc(F)cc2)n1. The van der Waals surface area contributed by atoms with E-state index in [1.54, 1.807) is 30.6 Å². The van der Waals surface area contributed by atoms with E-state index < -0.39 is 5.54 Å². The Morgan fingerprint density at radius 1 is 1.13 bits per heavy atom. The van der Waals surface area contributed by atoms with Crippen LogP contribution in [0.5, 0.6) is 5.88 Å². The molecule has 39 heavy (non-hydrogen) atoms. The number of fused-ring (bicyclic) bond motifs is 1. The number of nitrogens with two attached hydrogens (primary N) is 1. The summed E-state index contributed by atoms with van der Waals surface area (Å²) in [5, 5.41) is 0.646. The highest BCUT2D eigenvalue weighted by atomic mass is 32.1. The summed E-state index contributed by atoms with van der Waals surface area (Å²) in [5.74, 6) is 1.30. The number of aryl methyl sites for hydroxylation is 1. The molecule has 1 saturated carbocycles. The highest BCUT2D eigenvalue weighted by Crippen LogP contribution is 2.48. The fourth-order valence-corrected chi connectivity index (χ4v) is 6.07. The van der Waals surface area contributed by atoms with E-state index in [0.29, 0.717) is 46.8 Å². The number of rotatable bonds is 7. The summed E-state index contributed by atoms with van der Waals surface area (Å²) in [6.07, 6.45) is 3.89. The molecule has 4 heterocycles. The van der Waals surface area contributed by atoms with Gasteiger partial charge in [0.15, 0.2) is 10.8 Å². The standard InChI is InChI=1S/C29H29FN6O2S/c1-16-25(39-27(34-16)26-32-9-4-10-33-26)28(37)36-14-21-22(15-36)24(21)38-23-13-18(29(2,3)31)12-20(35-23)11-17-5-7-19(30)8-6-17/h4-10,12-13,21-22,24H,11,14-15,31H2,1-3H3/t21-,22+,24-. The van der Waals surface area contributed by atoms with Crippen LogP contribution in [0, 0.1) is 24.6 Å². The van der Waals surface area contributed by atoms with Gasteiger partial charge >= 0.3 is 0 Å². The Labute approximate surface area is 230 Å². The van der Waals surface area contributed by atoms with Crippen molar-refractivity contribution in [3.8, 4) is 16.7 Å². The van der Waals surface area contributed by atoms with Crippen molar-refractivity contribution in [2.75, 3.05) is 13.1 Å². The molecule has 3 atom stereocenters. The van der Waals surface area contributed by atoms with Gasteiger partial charge < -0.3 is 15.4 Å². The maximum atomic E-state index is 13.4. The molecule has 0 radical (unpaired) electrons. The highest BCUT2D eigenvalue weighted by Gasteiger charge is 2.59. The molecule has 1 aromatic carbocycles. The number of benzene rings is 1. The summed E-state index contributed by atoms with van der Waals surface area (Å²) < 4.78 is 19.7. The monoisotopic (exact) mass is 544 g/mol. The first-order valence-electron chi connectivity index (χ1n) is 12.9. The number of aromatic nitrogens is 4. The average Bonchev–Trinajstić information content (AvgIpc) is 3.22. The molecular weight excluding hydrogens is 515 g/mol. The van der Waals surface area contributed by atoms with Crippen molar-refractivity contribution in [1.82, 2.24) is 24.8 Å². The lowest BCUT2D eigenvalue weighted by molar-refractivity contribution is 0.0755. The number of ether oxygens (including phenoxy) is 1. The lowest BCUT2D eigenvalue weighted by Gasteiger charge is -2.22. The average molecular weight is 545 g/mol. The molecule has 8 nitrogen and oxygen atoms in total. The summed E-state index contributed by atoms with van der Waals surface area (Å²) in [5.41, 5.74) is 9.23. The van der Waals surface area contributed by atoms with Crippen molar-refractivity contribution in [1.29, 1.82) is 0 Å². The van der Waals surface area contributed by atoms with E-state index >= 15 is 0 Å². The van der Waals surface area contributed by atoms with Crippen LogP contribution in [0.2, 0.25) is 0 Å². The molecule has 1 saturated heterocycles. The van der Waals surface area contributed by atoms with E-state index in [2.05, 4.69) is 15.0 Å². The van der Waals surface area contributed by atoms with Crippen LogP contribution in [0.15, 0.2) is 54.9 Å². The molecule has 6 rings (SSSR count). The summed E-state index contributed by atoms with van der Waals surface area (Å²) in [7, 11) is 0. The van der Waals surface area contributed by atoms with Crippen molar-refractivity contribution in [3.05, 3.63) is 88.1 Å². The van der Waals surface area contributed by atoms with E-state index in [1.165, 1.54) is 23.5 Å². The second-order valence-electron chi connectivity index (χ2n) is 10.8. The quantitative estimate of drug-likeness (QED) is 0.368. The van der Waals surface area contributed by atoms with Gasteiger partial charge in [-0.05, 0) is 56.2 Å². The number of hydrogen-bond acceptors (Lipinski definition) is 8. The molecule has 1 amide bonds. The van der Waals surface area contributed by atoms with Crippen molar-refractivity contribution >= 4 is 17.2 Å². The van der Waals surface area contributed by atoms with Crippen LogP contribution in [0.3, 0.4) is 0 Å². The molecule has 1 aliphatic heterocycles. The molecule has 0 unspecified atom stereocenters. The van der Waals surface area contributed by atoms with E-state index in [9.17, 15) is 9.18 Å². The van der Waals surface area contributed by atoms with Crippen molar-refractivity contribution < 1.29 is 13.9 Å². The Kier molecular flexibility index (Phi) is 6.39. The molecule has 2 N–H and O–H groups in total. The first-order valence-corrected chi connectivity index (χ1v) is 13.7. The number of carbonyl (C=O) groups is 1. The molecule has 3 aromatic heterocycles. The predicted octanol–water partition coefficient (Wildman–Crippen LogP) is 4.38. The van der Waals surface area contributed by atoms with Gasteiger partial charge in [-0.15, -0.1) is 11.3 Å². The number of likely N-dealkylation sites (tertiary alicyclic amines) is 1. The van der Waals surface area contributed by atoms with Crippen LogP contribution in [0.1, 0.15) is 46.0 Å². The van der Waals surface area contributed by atoms with E-state index in [0.717, 1.165) is 16.8 Å². The second kappa shape index (κ2) is 9.77. The minimum atomic E-state index is -0.572. The summed E-state index contributed by atoms with van der Waals surface area (Å²) in [4.78, 5) is 33.6. The van der Waals surface area contributed by atoms with Gasteiger partial charge in [0.25, 0.3) is 5.91 Å². The van der Waals surface area contributed by atoms with Gasteiger partial charge in [-0.2, -0.15) is 0 Å². The Bertz CT molecular complexity index is 1510. The molecule has 200 valence electrons. The lowest BCUT2D eigenvalue weighted by atomic mass is 9.95. The van der Waals surface area contributed by atoms with Crippen LogP contribution in [-0.4, -0.2) is 49.9 Å². The Balaban J connectivity index is 1.13. The van der Waals surface area contributed by atoms with Gasteiger partial charge in [-0.1, -0.05) is 12.1 Å². The minimum absolute atomic E-state index is 0.00666. The van der Waals surface area contributed by atoms with Gasteiger partial charge in [0.1, 0.15) is 16.8 Å². The highest BCUT2D eigenvalue weighted by molar-refractivity contribution is 7.17. The third-order valence-electron chi connectivity index (χ3n) is 7.30. The van der Waals surface area contributed by atoms with Crippen LogP contribution in [0.4, 0.5) is 4.39 Å². The summed E-state index contributed by atoms with van der Waals surface area (Å²) in [6.45, 7) is 7.00. The van der Waals surface area contributed by atoms with E-state index in [4.69, 9.17) is 15.5 Å². The Morgan fingerprint density at radius 3 is 2.49 bits per heavy atom. The predicted molar refractivity (Wildman–Crippen MR) is 146 cm³/mol. The minimum Gasteiger partial charge on any atom is -0.474 e. The summed E-state index contributed by atoms with van der Waals surface area (Å²) >= 11 is 1.33. The van der Waals surface area contributed by atoms with Crippen LogP contribution < -0.4 is 10.5 Å². The van der Waals surface area contributed by atoms with Crippen molar-refractivity contribution in [2.45, 2.75) is 38.8 Å². The van der Waals surface area contributed by atoms with Gasteiger partial charge in [0.2, 0.25) is 5.88 Å². The third-order valence-corrected chi connectivity index (χ3v) is 8.45. The maximum absolute atomic E-state index is 13.4. The van der Waals surface area contributed by atoms with Crippen LogP contribution in [-0.2, 0) is 12.0 Å². The number of piperidine rings is 1. The van der Waals surface area contributed by atoms with Crippen LogP contribution >= 0.6 is 11.3 Å². The van der Waals surface area contributed by atoms with Gasteiger partial charge in [0.05, 0.1) is 5.69 Å². The topological polar surface area (TPSA) is 107 Å². The Morgan fingerprint density at radius 2 is 1.82 bits per heavy atom. The zero-order valence-corrected chi connectivity index (χ0v) is 22.8. The van der Waals surface area contributed by atoms with Gasteiger partial charge in [-0.3, -0.25) is 4.79 Å². The Hall–Kier alpha value is -3.76. The number of hydrogen-bond donors (Lipinski definition) is 1. The second-order valence-corrected chi connectivity index (χ2v) is 11.8. The first-order chi connectivity index (χ1) is 18.7. The lowest BCUT2D eigenvalue weighted by Crippen LogP contribution is -2.33. The number of halogens is 1. The largest absolute Gasteiger partial charge is 0.474 e. The third kappa shape index (κ3) is 5.26. The molecule has 10 heteroatoms. The molecule has 0 spiro atoms. The number of carbonyl (C=O) groups excluding carboxylic acids is 1. The van der Waals surface area contributed by atoms with Crippen molar-refractivity contribution in [3.63, 3.8) is 0 Å². The van der Waals surface area contributed by atoms with E-state index in [1.807, 2.05) is 37.8 Å². The van der Waals surface area contributed by atoms with E-state index in [-0.39, 0.29) is 29.7 Å². The molecule has 0 bridgehead atoms. The molecule has 1 aliphatic carbocycles. The van der Waals surface area contributed by atoms with Gasteiger partial charge in [-0.25, -0.2) is 24.3 Å². The number of amides is 1. The van der Waals surface area contributed by atoms with Crippen molar-refractivity contribution in [2.24, 2.45) is 17.6 Å². The molecule has 4 aromatic rings. The molecule has 2 aliphatic rings. The fourth-order valence-electron chi connectivity index (χ4n) is 5.09. The molecular formula is C29H29FN6O2S. The zero-order chi connectivity index (χ0) is 27.3. The number of thiazole rings is 1. The number of pyridine rings is 1. The zero-order valence-electron chi connectivity index (χ0n) is 22.0. The fraction of sp³-hybridized carbons (Fsp3) is 0.345. The van der Waals surface area contributed by atoms with Gasteiger partial charge in [0, 0.05) is 61.0 Å². The van der Waals surface area contributed by atoms with Crippen LogP contribution in [0.25, 0.3) is 10.8 Å². The normalized spacial score (nSPS) is 20.1. The smallest absolute Gasteiger partial charge is 0.265 e. The summed E-state index contributed by atoms with van der Waals surface area (Å²) in [6, 6.07) is 12.1. The first kappa shape index (κ1) is 25.5.